The zero-order chi connectivity index (χ0) is 27.9. The van der Waals surface area contributed by atoms with Gasteiger partial charge in [0.15, 0.2) is 6.10 Å². The highest BCUT2D eigenvalue weighted by molar-refractivity contribution is 5.72. The quantitative estimate of drug-likeness (QED) is 0.246. The van der Waals surface area contributed by atoms with Crippen molar-refractivity contribution in [1.29, 1.82) is 0 Å². The number of hydrogen-bond acceptors (Lipinski definition) is 6. The van der Waals surface area contributed by atoms with Crippen molar-refractivity contribution in [1.82, 2.24) is 4.90 Å². The second-order valence-electron chi connectivity index (χ2n) is 8.68. The van der Waals surface area contributed by atoms with Crippen LogP contribution in [0.5, 0.6) is 11.5 Å². The van der Waals surface area contributed by atoms with Crippen LogP contribution in [-0.2, 0) is 27.3 Å². The van der Waals surface area contributed by atoms with Gasteiger partial charge in [-0.3, -0.25) is 0 Å². The normalized spacial score (nSPS) is 11.5. The van der Waals surface area contributed by atoms with Gasteiger partial charge >= 0.3 is 12.1 Å². The minimum atomic E-state index is -1.000. The van der Waals surface area contributed by atoms with E-state index in [1.807, 2.05) is 6.07 Å². The first-order chi connectivity index (χ1) is 18.9. The molecule has 0 aliphatic rings. The van der Waals surface area contributed by atoms with Crippen LogP contribution in [-0.4, -0.2) is 61.1 Å². The third-order valence-corrected chi connectivity index (χ3v) is 5.72. The van der Waals surface area contributed by atoms with Gasteiger partial charge in [0.2, 0.25) is 0 Å². The van der Waals surface area contributed by atoms with Gasteiger partial charge in [0.05, 0.1) is 13.2 Å². The molecular formula is C30H34FNO7. The Labute approximate surface area is 227 Å². The molecule has 0 heterocycles. The summed E-state index contributed by atoms with van der Waals surface area (Å²) in [6.07, 6.45) is -0.559. The summed E-state index contributed by atoms with van der Waals surface area (Å²) in [5, 5.41) is 9.27. The molecule has 0 fully saturated rings. The molecule has 1 N–H and O–H groups in total. The second-order valence-corrected chi connectivity index (χ2v) is 8.68. The van der Waals surface area contributed by atoms with Crippen molar-refractivity contribution in [3.8, 4) is 11.5 Å². The number of hydrogen-bond donors (Lipinski definition) is 1. The van der Waals surface area contributed by atoms with E-state index in [0.717, 1.165) is 11.1 Å². The topological polar surface area (TPSA) is 94.5 Å². The smallest absolute Gasteiger partial charge is 0.415 e. The number of rotatable bonds is 16. The first-order valence-electron chi connectivity index (χ1n) is 12.8. The summed E-state index contributed by atoms with van der Waals surface area (Å²) in [5.41, 5.74) is 1.68. The summed E-state index contributed by atoms with van der Waals surface area (Å²) < 4.78 is 35.3. The van der Waals surface area contributed by atoms with Crippen molar-refractivity contribution >= 4 is 12.1 Å². The van der Waals surface area contributed by atoms with Gasteiger partial charge in [0.1, 0.15) is 23.9 Å². The van der Waals surface area contributed by atoms with Crippen LogP contribution in [0, 0.1) is 5.82 Å². The molecule has 3 aromatic rings. The lowest BCUT2D eigenvalue weighted by molar-refractivity contribution is -0.149. The molecule has 1 amide bonds. The zero-order valence-electron chi connectivity index (χ0n) is 22.0. The first-order valence-corrected chi connectivity index (χ1v) is 12.8. The molecule has 0 bridgehead atoms. The third-order valence-electron chi connectivity index (χ3n) is 5.72. The van der Waals surface area contributed by atoms with Crippen LogP contribution in [0.25, 0.3) is 0 Å². The summed E-state index contributed by atoms with van der Waals surface area (Å²) in [7, 11) is 0. The van der Waals surface area contributed by atoms with Gasteiger partial charge in [-0.25, -0.2) is 14.0 Å². The van der Waals surface area contributed by atoms with E-state index in [4.69, 9.17) is 18.9 Å². The van der Waals surface area contributed by atoms with Gasteiger partial charge in [-0.15, -0.1) is 0 Å². The molecule has 3 aromatic carbocycles. The molecule has 0 radical (unpaired) electrons. The number of carboxylic acids is 1. The summed E-state index contributed by atoms with van der Waals surface area (Å²) in [4.78, 5) is 25.7. The molecule has 208 valence electrons. The Morgan fingerprint density at radius 2 is 1.56 bits per heavy atom. The van der Waals surface area contributed by atoms with E-state index in [-0.39, 0.29) is 25.4 Å². The van der Waals surface area contributed by atoms with Crippen LogP contribution in [0.15, 0.2) is 78.9 Å². The maximum Gasteiger partial charge on any atom is 0.415 e. The number of para-hydroxylation sites is 1. The van der Waals surface area contributed by atoms with E-state index in [1.165, 1.54) is 12.1 Å². The Balaban J connectivity index is 1.49. The molecule has 0 aliphatic carbocycles. The number of amides is 1. The number of halogens is 1. The fourth-order valence-corrected chi connectivity index (χ4v) is 3.70. The van der Waals surface area contributed by atoms with Gasteiger partial charge < -0.3 is 29.0 Å². The molecule has 39 heavy (non-hydrogen) atoms. The van der Waals surface area contributed by atoms with Gasteiger partial charge in [0, 0.05) is 26.2 Å². The molecule has 0 aromatic heterocycles. The van der Waals surface area contributed by atoms with Crippen molar-refractivity contribution in [2.45, 2.75) is 32.5 Å². The third kappa shape index (κ3) is 10.7. The zero-order valence-corrected chi connectivity index (χ0v) is 22.0. The van der Waals surface area contributed by atoms with E-state index in [1.54, 1.807) is 72.5 Å². The number of carbonyl (C=O) groups is 2. The van der Waals surface area contributed by atoms with Crippen molar-refractivity contribution in [3.05, 3.63) is 95.8 Å². The Kier molecular flexibility index (Phi) is 12.2. The van der Waals surface area contributed by atoms with E-state index < -0.39 is 18.2 Å². The molecular weight excluding hydrogens is 505 g/mol. The number of aliphatic carboxylic acids is 1. The predicted octanol–water partition coefficient (Wildman–Crippen LogP) is 5.34. The number of nitrogens with zero attached hydrogens (tertiary/aromatic N) is 1. The fourth-order valence-electron chi connectivity index (χ4n) is 3.70. The van der Waals surface area contributed by atoms with Crippen LogP contribution in [0.1, 0.15) is 24.5 Å². The van der Waals surface area contributed by atoms with Crippen molar-refractivity contribution in [3.63, 3.8) is 0 Å². The second kappa shape index (κ2) is 16.1. The largest absolute Gasteiger partial charge is 0.492 e. The number of carboxylic acid groups (broad SMARTS) is 1. The van der Waals surface area contributed by atoms with Crippen LogP contribution >= 0.6 is 0 Å². The van der Waals surface area contributed by atoms with Crippen molar-refractivity contribution in [2.24, 2.45) is 0 Å². The summed E-state index contributed by atoms with van der Waals surface area (Å²) in [5.74, 6) is -0.247. The minimum Gasteiger partial charge on any atom is -0.492 e. The lowest BCUT2D eigenvalue weighted by atomic mass is 10.1. The first kappa shape index (κ1) is 29.6. The minimum absolute atomic E-state index is 0.233. The van der Waals surface area contributed by atoms with Crippen LogP contribution < -0.4 is 9.47 Å². The molecule has 0 aliphatic heterocycles. The summed E-state index contributed by atoms with van der Waals surface area (Å²) in [6.45, 7) is 3.76. The molecule has 0 saturated carbocycles. The average molecular weight is 540 g/mol. The molecule has 9 heteroatoms. The van der Waals surface area contributed by atoms with Gasteiger partial charge in [-0.05, 0) is 60.9 Å². The number of benzene rings is 3. The molecule has 3 rings (SSSR count). The Morgan fingerprint density at radius 1 is 0.872 bits per heavy atom. The van der Waals surface area contributed by atoms with Crippen LogP contribution in [0.3, 0.4) is 0 Å². The molecule has 8 nitrogen and oxygen atoms in total. The predicted molar refractivity (Wildman–Crippen MR) is 143 cm³/mol. The standard InChI is InChI=1S/C30H34FNO7/c1-2-37-28(29(33)34)21-23-11-15-26(16-12-23)38-20-18-32(30(35)39-27-7-4-3-5-8-27)17-6-19-36-22-24-9-13-25(31)14-10-24/h3-5,7-16,28H,2,6,17-22H2,1H3,(H,33,34). The highest BCUT2D eigenvalue weighted by atomic mass is 19.1. The van der Waals surface area contributed by atoms with Gasteiger partial charge in [-0.1, -0.05) is 42.5 Å². The Bertz CT molecular complexity index is 1140. The maximum atomic E-state index is 13.1. The average Bonchev–Trinajstić information content (AvgIpc) is 2.94. The lowest BCUT2D eigenvalue weighted by Gasteiger charge is -2.22. The van der Waals surface area contributed by atoms with E-state index in [2.05, 4.69) is 0 Å². The molecule has 0 saturated heterocycles. The van der Waals surface area contributed by atoms with Crippen LogP contribution in [0.4, 0.5) is 9.18 Å². The van der Waals surface area contributed by atoms with E-state index in [9.17, 15) is 19.1 Å². The van der Waals surface area contributed by atoms with E-state index in [0.29, 0.717) is 44.3 Å². The highest BCUT2D eigenvalue weighted by Gasteiger charge is 2.18. The van der Waals surface area contributed by atoms with Crippen molar-refractivity contribution in [2.75, 3.05) is 32.9 Å². The molecule has 1 unspecified atom stereocenters. The lowest BCUT2D eigenvalue weighted by Crippen LogP contribution is -2.38. The van der Waals surface area contributed by atoms with Crippen molar-refractivity contribution < 1.29 is 38.0 Å². The Hall–Kier alpha value is -3.95. The number of ether oxygens (including phenoxy) is 4. The van der Waals surface area contributed by atoms with Gasteiger partial charge in [-0.2, -0.15) is 0 Å². The highest BCUT2D eigenvalue weighted by Crippen LogP contribution is 2.15. The number of carbonyl (C=O) groups excluding carboxylic acids is 1. The Morgan fingerprint density at radius 3 is 2.23 bits per heavy atom. The molecule has 0 spiro atoms. The van der Waals surface area contributed by atoms with E-state index >= 15 is 0 Å². The summed E-state index contributed by atoms with van der Waals surface area (Å²) >= 11 is 0. The maximum absolute atomic E-state index is 13.1. The monoisotopic (exact) mass is 539 g/mol. The van der Waals surface area contributed by atoms with Gasteiger partial charge in [0.25, 0.3) is 0 Å². The van der Waals surface area contributed by atoms with Crippen LogP contribution in [0.2, 0.25) is 0 Å². The SMILES string of the molecule is CCOC(Cc1ccc(OCCN(CCCOCc2ccc(F)cc2)C(=O)Oc2ccccc2)cc1)C(=O)O. The fraction of sp³-hybridized carbons (Fsp3) is 0.333. The molecule has 1 atom stereocenters. The summed E-state index contributed by atoms with van der Waals surface area (Å²) in [6, 6.07) is 22.1.